The highest BCUT2D eigenvalue weighted by Gasteiger charge is 2.20. The van der Waals surface area contributed by atoms with Crippen molar-refractivity contribution in [2.24, 2.45) is 0 Å². The first-order chi connectivity index (χ1) is 11.9. The SMILES string of the molecule is C=CCN(CC(=O)Nc1cc(C)on1)C(=O)c1cccc([N+](=O)[O-])c1. The van der Waals surface area contributed by atoms with Crippen molar-refractivity contribution < 1.29 is 19.0 Å². The summed E-state index contributed by atoms with van der Waals surface area (Å²) in [7, 11) is 0. The van der Waals surface area contributed by atoms with Gasteiger partial charge in [-0.25, -0.2) is 0 Å². The third-order valence-electron chi connectivity index (χ3n) is 3.17. The third kappa shape index (κ3) is 4.74. The second kappa shape index (κ2) is 7.86. The fourth-order valence-corrected chi connectivity index (χ4v) is 2.09. The largest absolute Gasteiger partial charge is 0.360 e. The number of aryl methyl sites for hydroxylation is 1. The summed E-state index contributed by atoms with van der Waals surface area (Å²) in [6.07, 6.45) is 1.46. The Morgan fingerprint density at radius 2 is 2.20 bits per heavy atom. The molecule has 0 fully saturated rings. The molecule has 1 aromatic carbocycles. The molecule has 0 atom stereocenters. The Morgan fingerprint density at radius 3 is 2.80 bits per heavy atom. The number of rotatable bonds is 7. The predicted molar refractivity (Wildman–Crippen MR) is 89.1 cm³/mol. The van der Waals surface area contributed by atoms with Crippen LogP contribution in [-0.2, 0) is 4.79 Å². The molecule has 0 spiro atoms. The number of aromatic nitrogens is 1. The van der Waals surface area contributed by atoms with Gasteiger partial charge in [0, 0.05) is 30.3 Å². The van der Waals surface area contributed by atoms with Crippen LogP contribution in [0.3, 0.4) is 0 Å². The Hall–Kier alpha value is -3.49. The number of nitrogens with zero attached hydrogens (tertiary/aromatic N) is 3. The van der Waals surface area contributed by atoms with Gasteiger partial charge >= 0.3 is 0 Å². The summed E-state index contributed by atoms with van der Waals surface area (Å²) in [5.74, 6) is -0.223. The van der Waals surface area contributed by atoms with Gasteiger partial charge in [-0.3, -0.25) is 19.7 Å². The number of nitro groups is 1. The van der Waals surface area contributed by atoms with Crippen LogP contribution in [0.2, 0.25) is 0 Å². The van der Waals surface area contributed by atoms with Gasteiger partial charge in [-0.15, -0.1) is 6.58 Å². The van der Waals surface area contributed by atoms with Gasteiger partial charge in [0.2, 0.25) is 5.91 Å². The number of nitro benzene ring substituents is 1. The number of hydrogen-bond acceptors (Lipinski definition) is 6. The maximum atomic E-state index is 12.5. The second-order valence-corrected chi connectivity index (χ2v) is 5.15. The van der Waals surface area contributed by atoms with E-state index >= 15 is 0 Å². The zero-order chi connectivity index (χ0) is 18.4. The molecule has 1 N–H and O–H groups in total. The zero-order valence-corrected chi connectivity index (χ0v) is 13.5. The molecule has 0 saturated heterocycles. The van der Waals surface area contributed by atoms with Crippen molar-refractivity contribution in [1.82, 2.24) is 10.1 Å². The molecule has 2 aromatic rings. The lowest BCUT2D eigenvalue weighted by atomic mass is 10.1. The Labute approximate surface area is 143 Å². The lowest BCUT2D eigenvalue weighted by molar-refractivity contribution is -0.384. The third-order valence-corrected chi connectivity index (χ3v) is 3.17. The van der Waals surface area contributed by atoms with Crippen molar-refractivity contribution in [3.8, 4) is 0 Å². The summed E-state index contributed by atoms with van der Waals surface area (Å²) >= 11 is 0. The first-order valence-corrected chi connectivity index (χ1v) is 7.28. The lowest BCUT2D eigenvalue weighted by Gasteiger charge is -2.20. The standard InChI is InChI=1S/C16H16N4O5/c1-3-7-19(10-15(21)17-14-8-11(2)25-18-14)16(22)12-5-4-6-13(9-12)20(23)24/h3-6,8-9H,1,7,10H2,2H3,(H,17,18,21). The summed E-state index contributed by atoms with van der Waals surface area (Å²) in [6.45, 7) is 5.07. The summed E-state index contributed by atoms with van der Waals surface area (Å²) in [5, 5.41) is 17.0. The molecule has 25 heavy (non-hydrogen) atoms. The highest BCUT2D eigenvalue weighted by atomic mass is 16.6. The fraction of sp³-hybridized carbons (Fsp3) is 0.188. The van der Waals surface area contributed by atoms with E-state index in [2.05, 4.69) is 17.1 Å². The van der Waals surface area contributed by atoms with Crippen LogP contribution in [0.25, 0.3) is 0 Å². The Morgan fingerprint density at radius 1 is 1.44 bits per heavy atom. The van der Waals surface area contributed by atoms with E-state index in [0.29, 0.717) is 5.76 Å². The van der Waals surface area contributed by atoms with Gasteiger partial charge in [0.25, 0.3) is 11.6 Å². The minimum absolute atomic E-state index is 0.104. The van der Waals surface area contributed by atoms with Crippen LogP contribution in [0.15, 0.2) is 47.5 Å². The first-order valence-electron chi connectivity index (χ1n) is 7.28. The van der Waals surface area contributed by atoms with E-state index in [0.717, 1.165) is 6.07 Å². The number of hydrogen-bond donors (Lipinski definition) is 1. The van der Waals surface area contributed by atoms with Gasteiger partial charge < -0.3 is 14.7 Å². The average Bonchev–Trinajstić information content (AvgIpc) is 2.98. The van der Waals surface area contributed by atoms with E-state index in [9.17, 15) is 19.7 Å². The van der Waals surface area contributed by atoms with Crippen LogP contribution in [0.5, 0.6) is 0 Å². The number of carbonyl (C=O) groups excluding carboxylic acids is 2. The molecule has 9 heteroatoms. The quantitative estimate of drug-likeness (QED) is 0.467. The number of benzene rings is 1. The molecule has 1 heterocycles. The minimum atomic E-state index is -0.589. The highest BCUT2D eigenvalue weighted by molar-refractivity contribution is 5.99. The molecule has 0 unspecified atom stereocenters. The van der Waals surface area contributed by atoms with Crippen molar-refractivity contribution in [2.75, 3.05) is 18.4 Å². The van der Waals surface area contributed by atoms with Crippen molar-refractivity contribution in [3.63, 3.8) is 0 Å². The normalized spacial score (nSPS) is 10.1. The van der Waals surface area contributed by atoms with Gasteiger partial charge in [0.1, 0.15) is 12.3 Å². The predicted octanol–water partition coefficient (Wildman–Crippen LogP) is 2.16. The van der Waals surface area contributed by atoms with E-state index in [1.165, 1.54) is 35.2 Å². The molecule has 9 nitrogen and oxygen atoms in total. The molecule has 0 bridgehead atoms. The minimum Gasteiger partial charge on any atom is -0.360 e. The van der Waals surface area contributed by atoms with Crippen molar-refractivity contribution in [1.29, 1.82) is 0 Å². The number of non-ortho nitro benzene ring substituents is 1. The molecule has 0 aliphatic heterocycles. The van der Waals surface area contributed by atoms with Crippen molar-refractivity contribution >= 4 is 23.3 Å². The van der Waals surface area contributed by atoms with Gasteiger partial charge in [-0.1, -0.05) is 17.3 Å². The van der Waals surface area contributed by atoms with Gasteiger partial charge in [0.05, 0.1) is 4.92 Å². The number of nitrogens with one attached hydrogen (secondary N) is 1. The highest BCUT2D eigenvalue weighted by Crippen LogP contribution is 2.15. The molecule has 0 aliphatic rings. The summed E-state index contributed by atoms with van der Waals surface area (Å²) in [5.41, 5.74) is -0.0898. The van der Waals surface area contributed by atoms with Crippen molar-refractivity contribution in [3.05, 3.63) is 64.4 Å². The Balaban J connectivity index is 2.12. The molecule has 0 aliphatic carbocycles. The number of carbonyl (C=O) groups is 2. The summed E-state index contributed by atoms with van der Waals surface area (Å²) in [4.78, 5) is 36.1. The molecule has 1 aromatic heterocycles. The number of amides is 2. The Bertz CT molecular complexity index is 814. The van der Waals surface area contributed by atoms with Gasteiger partial charge in [-0.05, 0) is 13.0 Å². The molecule has 2 amide bonds. The second-order valence-electron chi connectivity index (χ2n) is 5.15. The van der Waals surface area contributed by atoms with Crippen LogP contribution in [0, 0.1) is 17.0 Å². The maximum Gasteiger partial charge on any atom is 0.270 e. The van der Waals surface area contributed by atoms with Crippen LogP contribution in [-0.4, -0.2) is 39.9 Å². The summed E-state index contributed by atoms with van der Waals surface area (Å²) in [6, 6.07) is 6.85. The molecular formula is C16H16N4O5. The smallest absolute Gasteiger partial charge is 0.270 e. The zero-order valence-electron chi connectivity index (χ0n) is 13.5. The van der Waals surface area contributed by atoms with Crippen LogP contribution in [0.4, 0.5) is 11.5 Å². The van der Waals surface area contributed by atoms with Gasteiger partial charge in [0.15, 0.2) is 5.82 Å². The fourth-order valence-electron chi connectivity index (χ4n) is 2.09. The van der Waals surface area contributed by atoms with E-state index < -0.39 is 16.7 Å². The van der Waals surface area contributed by atoms with Crippen LogP contribution in [0.1, 0.15) is 16.1 Å². The topological polar surface area (TPSA) is 119 Å². The molecular weight excluding hydrogens is 328 g/mol. The molecule has 0 radical (unpaired) electrons. The number of anilines is 1. The van der Waals surface area contributed by atoms with Crippen LogP contribution < -0.4 is 5.32 Å². The monoisotopic (exact) mass is 344 g/mol. The molecule has 130 valence electrons. The average molecular weight is 344 g/mol. The van der Waals surface area contributed by atoms with Crippen molar-refractivity contribution in [2.45, 2.75) is 6.92 Å². The van der Waals surface area contributed by atoms with Crippen LogP contribution >= 0.6 is 0 Å². The van der Waals surface area contributed by atoms with Gasteiger partial charge in [-0.2, -0.15) is 0 Å². The maximum absolute atomic E-state index is 12.5. The molecule has 0 saturated carbocycles. The first kappa shape index (κ1) is 17.9. The van der Waals surface area contributed by atoms with E-state index in [4.69, 9.17) is 4.52 Å². The molecule has 2 rings (SSSR count). The van der Waals surface area contributed by atoms with E-state index in [-0.39, 0.29) is 30.2 Å². The lowest BCUT2D eigenvalue weighted by Crippen LogP contribution is -2.38. The van der Waals surface area contributed by atoms with E-state index in [1.54, 1.807) is 6.92 Å². The Kier molecular flexibility index (Phi) is 5.62. The van der Waals surface area contributed by atoms with E-state index in [1.807, 2.05) is 0 Å². The summed E-state index contributed by atoms with van der Waals surface area (Å²) < 4.78 is 4.84.